The van der Waals surface area contributed by atoms with Crippen LogP contribution < -0.4 is 10.1 Å². The van der Waals surface area contributed by atoms with Gasteiger partial charge in [0.2, 0.25) is 0 Å². The van der Waals surface area contributed by atoms with E-state index in [1.54, 1.807) is 0 Å². The number of carboxylic acid groups (broad SMARTS) is 1. The maximum absolute atomic E-state index is 11.2. The van der Waals surface area contributed by atoms with E-state index in [1.807, 2.05) is 25.1 Å². The van der Waals surface area contributed by atoms with Crippen molar-refractivity contribution in [2.24, 2.45) is 5.41 Å². The zero-order valence-electron chi connectivity index (χ0n) is 15.0. The number of nitrogens with one attached hydrogen (secondary N) is 1. The lowest BCUT2D eigenvalue weighted by Crippen LogP contribution is -2.40. The fourth-order valence-electron chi connectivity index (χ4n) is 3.63. The van der Waals surface area contributed by atoms with Crippen molar-refractivity contribution in [2.75, 3.05) is 6.61 Å². The molecule has 4 heteroatoms. The summed E-state index contributed by atoms with van der Waals surface area (Å²) in [5.74, 6) is 0.865. The second kappa shape index (κ2) is 6.79. The van der Waals surface area contributed by atoms with Gasteiger partial charge in [0.05, 0.1) is 12.6 Å². The molecule has 0 heterocycles. The van der Waals surface area contributed by atoms with Crippen molar-refractivity contribution < 1.29 is 14.6 Å². The molecule has 1 atom stereocenters. The van der Waals surface area contributed by atoms with E-state index >= 15 is 0 Å². The van der Waals surface area contributed by atoms with Gasteiger partial charge in [-0.05, 0) is 59.6 Å². The molecule has 0 fully saturated rings. The standard InChI is InChI=1S/C21H25NO3/c1-4-25-17-7-5-6-14(13-17)15-8-9-18-16(12-15)10-11-21(2,3)19(18)22-20(23)24/h5-9,12-13,19,22H,4,10-11H2,1-3H3,(H,23,24)/t19-/m1/s1. The quantitative estimate of drug-likeness (QED) is 0.821. The molecule has 2 aromatic carbocycles. The second-order valence-electron chi connectivity index (χ2n) is 7.25. The van der Waals surface area contributed by atoms with Crippen molar-refractivity contribution in [2.45, 2.75) is 39.7 Å². The molecule has 3 rings (SSSR count). The van der Waals surface area contributed by atoms with Crippen LogP contribution in [-0.2, 0) is 6.42 Å². The largest absolute Gasteiger partial charge is 0.494 e. The van der Waals surface area contributed by atoms with Gasteiger partial charge in [-0.3, -0.25) is 0 Å². The molecule has 0 saturated heterocycles. The predicted octanol–water partition coefficient (Wildman–Crippen LogP) is 5.03. The Kier molecular flexibility index (Phi) is 4.71. The van der Waals surface area contributed by atoms with Gasteiger partial charge in [0, 0.05) is 0 Å². The summed E-state index contributed by atoms with van der Waals surface area (Å²) >= 11 is 0. The molecule has 0 aromatic heterocycles. The van der Waals surface area contributed by atoms with Crippen molar-refractivity contribution in [3.05, 3.63) is 53.6 Å². The first-order valence-corrected chi connectivity index (χ1v) is 8.76. The Morgan fingerprint density at radius 3 is 2.72 bits per heavy atom. The Balaban J connectivity index is 1.97. The van der Waals surface area contributed by atoms with Crippen LogP contribution in [0, 0.1) is 5.41 Å². The molecule has 0 saturated carbocycles. The monoisotopic (exact) mass is 339 g/mol. The third kappa shape index (κ3) is 3.63. The van der Waals surface area contributed by atoms with Gasteiger partial charge in [-0.1, -0.05) is 44.2 Å². The lowest BCUT2D eigenvalue weighted by atomic mass is 9.70. The molecule has 2 N–H and O–H groups in total. The Labute approximate surface area is 148 Å². The molecule has 1 aliphatic rings. The van der Waals surface area contributed by atoms with E-state index in [4.69, 9.17) is 4.74 Å². The van der Waals surface area contributed by atoms with E-state index in [0.29, 0.717) is 6.61 Å². The summed E-state index contributed by atoms with van der Waals surface area (Å²) in [6, 6.07) is 14.2. The van der Waals surface area contributed by atoms with Crippen molar-refractivity contribution in [3.63, 3.8) is 0 Å². The van der Waals surface area contributed by atoms with E-state index in [-0.39, 0.29) is 11.5 Å². The third-order valence-corrected chi connectivity index (χ3v) is 5.02. The topological polar surface area (TPSA) is 58.6 Å². The highest BCUT2D eigenvalue weighted by Gasteiger charge is 2.37. The van der Waals surface area contributed by atoms with Gasteiger partial charge in [-0.2, -0.15) is 0 Å². The van der Waals surface area contributed by atoms with Gasteiger partial charge in [-0.25, -0.2) is 4.79 Å². The predicted molar refractivity (Wildman–Crippen MR) is 99.1 cm³/mol. The first kappa shape index (κ1) is 17.3. The summed E-state index contributed by atoms with van der Waals surface area (Å²) < 4.78 is 5.59. The van der Waals surface area contributed by atoms with Crippen LogP contribution in [0.25, 0.3) is 11.1 Å². The molecule has 0 aliphatic heterocycles. The number of hydrogen-bond acceptors (Lipinski definition) is 2. The first-order chi connectivity index (χ1) is 11.9. The van der Waals surface area contributed by atoms with E-state index < -0.39 is 6.09 Å². The fourth-order valence-corrected chi connectivity index (χ4v) is 3.63. The summed E-state index contributed by atoms with van der Waals surface area (Å²) in [5, 5.41) is 11.9. The minimum atomic E-state index is -0.973. The van der Waals surface area contributed by atoms with Crippen LogP contribution in [-0.4, -0.2) is 17.8 Å². The van der Waals surface area contributed by atoms with Crippen LogP contribution in [0.3, 0.4) is 0 Å². The van der Waals surface area contributed by atoms with Gasteiger partial charge in [0.15, 0.2) is 0 Å². The van der Waals surface area contributed by atoms with Crippen LogP contribution in [0.15, 0.2) is 42.5 Å². The summed E-state index contributed by atoms with van der Waals surface area (Å²) in [4.78, 5) is 11.2. The number of rotatable bonds is 4. The first-order valence-electron chi connectivity index (χ1n) is 8.76. The van der Waals surface area contributed by atoms with Gasteiger partial charge in [0.1, 0.15) is 5.75 Å². The average Bonchev–Trinajstić information content (AvgIpc) is 2.57. The van der Waals surface area contributed by atoms with Crippen LogP contribution in [0.1, 0.15) is 44.4 Å². The van der Waals surface area contributed by atoms with Crippen LogP contribution >= 0.6 is 0 Å². The molecule has 4 nitrogen and oxygen atoms in total. The molecule has 132 valence electrons. The Morgan fingerprint density at radius 1 is 1.24 bits per heavy atom. The van der Waals surface area contributed by atoms with E-state index in [1.165, 1.54) is 5.56 Å². The lowest BCUT2D eigenvalue weighted by Gasteiger charge is -2.40. The lowest BCUT2D eigenvalue weighted by molar-refractivity contribution is 0.161. The molecule has 1 amide bonds. The summed E-state index contributed by atoms with van der Waals surface area (Å²) in [5.41, 5.74) is 4.46. The second-order valence-corrected chi connectivity index (χ2v) is 7.25. The maximum Gasteiger partial charge on any atom is 0.405 e. The Bertz CT molecular complexity index is 782. The highest BCUT2D eigenvalue weighted by Crippen LogP contribution is 2.44. The third-order valence-electron chi connectivity index (χ3n) is 5.02. The number of amides is 1. The van der Waals surface area contributed by atoms with E-state index in [0.717, 1.165) is 35.3 Å². The number of carbonyl (C=O) groups is 1. The number of benzene rings is 2. The van der Waals surface area contributed by atoms with Gasteiger partial charge >= 0.3 is 6.09 Å². The Hall–Kier alpha value is -2.49. The highest BCUT2D eigenvalue weighted by atomic mass is 16.5. The number of ether oxygens (including phenoxy) is 1. The maximum atomic E-state index is 11.2. The van der Waals surface area contributed by atoms with Gasteiger partial charge in [0.25, 0.3) is 0 Å². The van der Waals surface area contributed by atoms with E-state index in [9.17, 15) is 9.90 Å². The fraction of sp³-hybridized carbons (Fsp3) is 0.381. The molecule has 1 aliphatic carbocycles. The summed E-state index contributed by atoms with van der Waals surface area (Å²) in [6.07, 6.45) is 0.936. The molecular formula is C21H25NO3. The minimum absolute atomic E-state index is 0.0954. The van der Waals surface area contributed by atoms with Crippen LogP contribution in [0.5, 0.6) is 5.75 Å². The highest BCUT2D eigenvalue weighted by molar-refractivity contribution is 5.68. The normalized spacial score (nSPS) is 18.3. The number of aryl methyl sites for hydroxylation is 1. The number of hydrogen-bond donors (Lipinski definition) is 2. The van der Waals surface area contributed by atoms with Crippen molar-refractivity contribution in [3.8, 4) is 16.9 Å². The molecule has 0 unspecified atom stereocenters. The van der Waals surface area contributed by atoms with Crippen LogP contribution in [0.4, 0.5) is 4.79 Å². The molecule has 0 bridgehead atoms. The molecule has 25 heavy (non-hydrogen) atoms. The Morgan fingerprint density at radius 2 is 2.00 bits per heavy atom. The smallest absolute Gasteiger partial charge is 0.405 e. The minimum Gasteiger partial charge on any atom is -0.494 e. The van der Waals surface area contributed by atoms with Gasteiger partial charge < -0.3 is 15.2 Å². The SMILES string of the molecule is CCOc1cccc(-c2ccc3c(c2)CCC(C)(C)[C@@H]3NC(=O)O)c1. The number of fused-ring (bicyclic) bond motifs is 1. The summed E-state index contributed by atoms with van der Waals surface area (Å²) in [6.45, 7) is 6.86. The van der Waals surface area contributed by atoms with Crippen molar-refractivity contribution >= 4 is 6.09 Å². The molecular weight excluding hydrogens is 314 g/mol. The molecule has 0 spiro atoms. The van der Waals surface area contributed by atoms with Gasteiger partial charge in [-0.15, -0.1) is 0 Å². The molecule has 0 radical (unpaired) electrons. The summed E-state index contributed by atoms with van der Waals surface area (Å²) in [7, 11) is 0. The zero-order valence-corrected chi connectivity index (χ0v) is 15.0. The molecule has 2 aromatic rings. The van der Waals surface area contributed by atoms with E-state index in [2.05, 4.69) is 43.4 Å². The van der Waals surface area contributed by atoms with Crippen molar-refractivity contribution in [1.82, 2.24) is 5.32 Å². The zero-order chi connectivity index (χ0) is 18.0. The van der Waals surface area contributed by atoms with Crippen molar-refractivity contribution in [1.29, 1.82) is 0 Å². The van der Waals surface area contributed by atoms with Crippen LogP contribution in [0.2, 0.25) is 0 Å². The average molecular weight is 339 g/mol.